The molecule has 1 amide bonds. The lowest BCUT2D eigenvalue weighted by atomic mass is 10.1. The Balaban J connectivity index is 1.51. The van der Waals surface area contributed by atoms with E-state index < -0.39 is 9.84 Å². The third-order valence-corrected chi connectivity index (χ3v) is 8.38. The van der Waals surface area contributed by atoms with Crippen molar-refractivity contribution in [2.24, 2.45) is 4.99 Å². The quantitative estimate of drug-likeness (QED) is 0.727. The molecule has 8 heteroatoms. The molecule has 0 aromatic heterocycles. The lowest BCUT2D eigenvalue weighted by molar-refractivity contribution is -0.117. The van der Waals surface area contributed by atoms with Crippen LogP contribution in [0.3, 0.4) is 0 Å². The molecule has 2 aromatic carbocycles. The number of amidine groups is 1. The Morgan fingerprint density at radius 3 is 2.52 bits per heavy atom. The van der Waals surface area contributed by atoms with E-state index in [1.807, 2.05) is 35.2 Å². The molecule has 4 rings (SSSR count). The van der Waals surface area contributed by atoms with Crippen molar-refractivity contribution < 1.29 is 17.6 Å². The minimum atomic E-state index is -3.10. The van der Waals surface area contributed by atoms with Gasteiger partial charge < -0.3 is 4.90 Å². The number of rotatable bonds is 5. The molecule has 2 saturated heterocycles. The second kappa shape index (κ2) is 8.28. The number of carbonyl (C=O) groups excluding carboxylic acids is 1. The van der Waals surface area contributed by atoms with Crippen molar-refractivity contribution in [1.29, 1.82) is 0 Å². The van der Waals surface area contributed by atoms with Crippen LogP contribution in [0.5, 0.6) is 0 Å². The minimum absolute atomic E-state index is 0.0586. The van der Waals surface area contributed by atoms with Crippen LogP contribution in [0.1, 0.15) is 17.5 Å². The summed E-state index contributed by atoms with van der Waals surface area (Å²) in [7, 11) is -3.10. The van der Waals surface area contributed by atoms with E-state index in [0.717, 1.165) is 11.1 Å². The van der Waals surface area contributed by atoms with Gasteiger partial charge in [-0.15, -0.1) is 0 Å². The van der Waals surface area contributed by atoms with Crippen LogP contribution >= 0.6 is 11.8 Å². The van der Waals surface area contributed by atoms with E-state index in [1.165, 1.54) is 23.9 Å². The first-order valence-corrected chi connectivity index (χ1v) is 12.1. The van der Waals surface area contributed by atoms with Gasteiger partial charge in [0.15, 0.2) is 15.0 Å². The second-order valence-corrected chi connectivity index (χ2v) is 10.7. The molecule has 2 fully saturated rings. The average Bonchev–Trinajstić information content (AvgIpc) is 3.15. The number of nitrogens with zero attached hydrogens (tertiary/aromatic N) is 2. The standard InChI is InChI=1S/C21H21FN2O3S2/c22-17-9-6-16(7-10-17)12-24-18-13-29(26,27)14-19(18)28-21(24)23-20(25)11-8-15-4-2-1-3-5-15/h1-7,9-10,18-19H,8,11-14H2/t18-,19-/m1/s1. The summed E-state index contributed by atoms with van der Waals surface area (Å²) in [4.78, 5) is 18.7. The second-order valence-electron chi connectivity index (χ2n) is 7.33. The molecule has 2 aromatic rings. The molecule has 0 spiro atoms. The Kier molecular flexibility index (Phi) is 5.74. The summed E-state index contributed by atoms with van der Waals surface area (Å²) in [5.41, 5.74) is 1.92. The zero-order valence-corrected chi connectivity index (χ0v) is 17.3. The van der Waals surface area contributed by atoms with Crippen LogP contribution in [0.4, 0.5) is 4.39 Å². The lowest BCUT2D eigenvalue weighted by Crippen LogP contribution is -2.37. The molecule has 29 heavy (non-hydrogen) atoms. The number of hydrogen-bond donors (Lipinski definition) is 0. The zero-order valence-electron chi connectivity index (χ0n) is 15.7. The van der Waals surface area contributed by atoms with Gasteiger partial charge >= 0.3 is 0 Å². The highest BCUT2D eigenvalue weighted by Crippen LogP contribution is 2.39. The van der Waals surface area contributed by atoms with Gasteiger partial charge in [0.25, 0.3) is 0 Å². The summed E-state index contributed by atoms with van der Waals surface area (Å²) < 4.78 is 37.4. The minimum Gasteiger partial charge on any atom is -0.342 e. The molecule has 152 valence electrons. The van der Waals surface area contributed by atoms with E-state index in [-0.39, 0.29) is 34.5 Å². The van der Waals surface area contributed by atoms with Crippen LogP contribution in [0.15, 0.2) is 59.6 Å². The topological polar surface area (TPSA) is 66.8 Å². The summed E-state index contributed by atoms with van der Waals surface area (Å²) >= 11 is 1.37. The first-order chi connectivity index (χ1) is 13.9. The van der Waals surface area contributed by atoms with Crippen LogP contribution in [-0.2, 0) is 27.6 Å². The number of benzene rings is 2. The Labute approximate surface area is 173 Å². The fourth-order valence-electron chi connectivity index (χ4n) is 3.67. The van der Waals surface area contributed by atoms with Crippen molar-refractivity contribution in [2.45, 2.75) is 30.7 Å². The van der Waals surface area contributed by atoms with E-state index in [9.17, 15) is 17.6 Å². The number of halogens is 1. The van der Waals surface area contributed by atoms with Gasteiger partial charge in [-0.25, -0.2) is 12.8 Å². The molecule has 0 N–H and O–H groups in total. The van der Waals surface area contributed by atoms with Crippen molar-refractivity contribution in [1.82, 2.24) is 4.90 Å². The number of aryl methyl sites for hydroxylation is 1. The van der Waals surface area contributed by atoms with Crippen LogP contribution in [0.25, 0.3) is 0 Å². The van der Waals surface area contributed by atoms with Gasteiger partial charge in [0.2, 0.25) is 5.91 Å². The highest BCUT2D eigenvalue weighted by atomic mass is 32.2. The van der Waals surface area contributed by atoms with E-state index in [0.29, 0.717) is 24.6 Å². The maximum absolute atomic E-state index is 13.2. The van der Waals surface area contributed by atoms with E-state index in [2.05, 4.69) is 4.99 Å². The molecule has 5 nitrogen and oxygen atoms in total. The number of carbonyl (C=O) groups is 1. The molecular weight excluding hydrogens is 411 g/mol. The van der Waals surface area contributed by atoms with Crippen molar-refractivity contribution in [3.8, 4) is 0 Å². The Morgan fingerprint density at radius 2 is 1.79 bits per heavy atom. The SMILES string of the molecule is O=C(CCc1ccccc1)N=C1S[C@@H]2CS(=O)(=O)C[C@H]2N1Cc1ccc(F)cc1. The van der Waals surface area contributed by atoms with Crippen LogP contribution in [0.2, 0.25) is 0 Å². The predicted molar refractivity (Wildman–Crippen MR) is 113 cm³/mol. The van der Waals surface area contributed by atoms with E-state index in [4.69, 9.17) is 0 Å². The first-order valence-electron chi connectivity index (χ1n) is 9.43. The summed E-state index contributed by atoms with van der Waals surface area (Å²) in [5, 5.41) is 0.443. The Morgan fingerprint density at radius 1 is 1.07 bits per heavy atom. The number of sulfone groups is 1. The zero-order chi connectivity index (χ0) is 20.4. The smallest absolute Gasteiger partial charge is 0.248 e. The van der Waals surface area contributed by atoms with Gasteiger partial charge in [0.05, 0.1) is 17.5 Å². The van der Waals surface area contributed by atoms with Crippen molar-refractivity contribution in [3.05, 3.63) is 71.5 Å². The van der Waals surface area contributed by atoms with Gasteiger partial charge in [-0.3, -0.25) is 4.79 Å². The van der Waals surface area contributed by atoms with Gasteiger partial charge in [-0.2, -0.15) is 4.99 Å². The van der Waals surface area contributed by atoms with Crippen LogP contribution in [0, 0.1) is 5.82 Å². The maximum Gasteiger partial charge on any atom is 0.248 e. The van der Waals surface area contributed by atoms with Crippen molar-refractivity contribution in [2.75, 3.05) is 11.5 Å². The van der Waals surface area contributed by atoms with Crippen molar-refractivity contribution in [3.63, 3.8) is 0 Å². The van der Waals surface area contributed by atoms with Gasteiger partial charge in [-0.05, 0) is 29.7 Å². The van der Waals surface area contributed by atoms with Gasteiger partial charge in [0.1, 0.15) is 5.82 Å². The number of aliphatic imine (C=N–C) groups is 1. The fourth-order valence-corrected chi connectivity index (χ4v) is 7.63. The van der Waals surface area contributed by atoms with Crippen LogP contribution < -0.4 is 0 Å². The third-order valence-electron chi connectivity index (χ3n) is 5.13. The number of hydrogen-bond acceptors (Lipinski definition) is 4. The summed E-state index contributed by atoms with van der Waals surface area (Å²) in [5.74, 6) is -0.387. The van der Waals surface area contributed by atoms with Gasteiger partial charge in [-0.1, -0.05) is 54.2 Å². The largest absolute Gasteiger partial charge is 0.342 e. The average molecular weight is 433 g/mol. The number of fused-ring (bicyclic) bond motifs is 1. The molecule has 2 aliphatic heterocycles. The summed E-state index contributed by atoms with van der Waals surface area (Å²) in [6.07, 6.45) is 0.909. The lowest BCUT2D eigenvalue weighted by Gasteiger charge is -2.24. The molecule has 2 aliphatic rings. The fraction of sp³-hybridized carbons (Fsp3) is 0.333. The third kappa shape index (κ3) is 4.87. The molecule has 0 aliphatic carbocycles. The first kappa shape index (κ1) is 20.1. The summed E-state index contributed by atoms with van der Waals surface area (Å²) in [6, 6.07) is 15.6. The monoisotopic (exact) mass is 432 g/mol. The number of amides is 1. The normalized spacial score (nSPS) is 24.0. The highest BCUT2D eigenvalue weighted by Gasteiger charge is 2.48. The maximum atomic E-state index is 13.2. The molecule has 0 bridgehead atoms. The van der Waals surface area contributed by atoms with Crippen LogP contribution in [-0.4, -0.2) is 47.2 Å². The summed E-state index contributed by atoms with van der Waals surface area (Å²) in [6.45, 7) is 0.398. The highest BCUT2D eigenvalue weighted by molar-refractivity contribution is 8.15. The Hall–Kier alpha value is -2.19. The van der Waals surface area contributed by atoms with E-state index in [1.54, 1.807) is 12.1 Å². The molecular formula is C21H21FN2O3S2. The molecule has 2 heterocycles. The van der Waals surface area contributed by atoms with Gasteiger partial charge in [0, 0.05) is 18.2 Å². The molecule has 0 saturated carbocycles. The number of thioether (sulfide) groups is 1. The van der Waals surface area contributed by atoms with Crippen molar-refractivity contribution >= 4 is 32.7 Å². The molecule has 0 unspecified atom stereocenters. The molecule has 2 atom stereocenters. The predicted octanol–water partition coefficient (Wildman–Crippen LogP) is 3.06. The Bertz CT molecular complexity index is 1020. The molecule has 0 radical (unpaired) electrons. The van der Waals surface area contributed by atoms with E-state index >= 15 is 0 Å².